The molecule has 74 valence electrons. The first kappa shape index (κ1) is 10.8. The van der Waals surface area contributed by atoms with E-state index in [1.54, 1.807) is 0 Å². The molecule has 0 fully saturated rings. The Morgan fingerprint density at radius 3 is 2.36 bits per heavy atom. The van der Waals surface area contributed by atoms with Crippen molar-refractivity contribution in [3.05, 3.63) is 35.4 Å². The first-order valence-corrected chi connectivity index (χ1v) is 5.12. The molecular weight excluding hydrogens is 170 g/mol. The number of benzene rings is 1. The third kappa shape index (κ3) is 3.24. The lowest BCUT2D eigenvalue weighted by molar-refractivity contribution is 0.806. The monoisotopic (exact) mass is 187 g/mol. The minimum absolute atomic E-state index is 0.000789. The smallest absolute Gasteiger partial charge is 0.0665 e. The molecule has 0 bridgehead atoms. The van der Waals surface area contributed by atoms with Gasteiger partial charge in [-0.1, -0.05) is 37.8 Å². The van der Waals surface area contributed by atoms with Gasteiger partial charge in [-0.05, 0) is 30.5 Å². The molecule has 0 heterocycles. The molecule has 0 aliphatic rings. The second-order valence-electron chi connectivity index (χ2n) is 3.33. The predicted octanol–water partition coefficient (Wildman–Crippen LogP) is 2.34. The fraction of sp³-hybridized carbons (Fsp3) is 0.385. The SMILES string of the molecule is CCc1ccc(C#CC(N)CC)cc1. The lowest BCUT2D eigenvalue weighted by Crippen LogP contribution is -2.15. The van der Waals surface area contributed by atoms with Crippen LogP contribution in [0, 0.1) is 11.8 Å². The van der Waals surface area contributed by atoms with Gasteiger partial charge in [0.15, 0.2) is 0 Å². The number of rotatable bonds is 2. The third-order valence-electron chi connectivity index (χ3n) is 2.20. The second-order valence-corrected chi connectivity index (χ2v) is 3.33. The van der Waals surface area contributed by atoms with Gasteiger partial charge in [0.2, 0.25) is 0 Å². The Balaban J connectivity index is 2.71. The molecule has 1 aromatic rings. The van der Waals surface area contributed by atoms with Crippen molar-refractivity contribution in [3.63, 3.8) is 0 Å². The van der Waals surface area contributed by atoms with E-state index >= 15 is 0 Å². The molecule has 14 heavy (non-hydrogen) atoms. The molecule has 1 atom stereocenters. The Labute approximate surface area is 86.3 Å². The van der Waals surface area contributed by atoms with Gasteiger partial charge in [-0.3, -0.25) is 0 Å². The van der Waals surface area contributed by atoms with E-state index in [1.807, 2.05) is 19.1 Å². The minimum atomic E-state index is 0.000789. The fourth-order valence-electron chi connectivity index (χ4n) is 1.10. The standard InChI is InChI=1S/C13H17N/c1-3-11-5-7-12(8-6-11)9-10-13(14)4-2/h5-8,13H,3-4,14H2,1-2H3. The molecule has 1 rings (SSSR count). The van der Waals surface area contributed by atoms with E-state index in [1.165, 1.54) is 5.56 Å². The van der Waals surface area contributed by atoms with Gasteiger partial charge in [0.1, 0.15) is 0 Å². The van der Waals surface area contributed by atoms with Crippen LogP contribution in [0.5, 0.6) is 0 Å². The quantitative estimate of drug-likeness (QED) is 0.707. The molecule has 0 radical (unpaired) electrons. The van der Waals surface area contributed by atoms with Gasteiger partial charge in [0, 0.05) is 5.56 Å². The second kappa shape index (κ2) is 5.47. The van der Waals surface area contributed by atoms with E-state index in [0.29, 0.717) is 0 Å². The summed E-state index contributed by atoms with van der Waals surface area (Å²) < 4.78 is 0. The average Bonchev–Trinajstić information content (AvgIpc) is 2.26. The highest BCUT2D eigenvalue weighted by Gasteiger charge is 1.91. The molecule has 1 aromatic carbocycles. The van der Waals surface area contributed by atoms with Crippen molar-refractivity contribution in [2.24, 2.45) is 5.73 Å². The van der Waals surface area contributed by atoms with Crippen LogP contribution >= 0.6 is 0 Å². The lowest BCUT2D eigenvalue weighted by Gasteiger charge is -1.97. The number of hydrogen-bond acceptors (Lipinski definition) is 1. The molecule has 2 N–H and O–H groups in total. The van der Waals surface area contributed by atoms with Crippen LogP contribution in [0.1, 0.15) is 31.4 Å². The Morgan fingerprint density at radius 2 is 1.86 bits per heavy atom. The van der Waals surface area contributed by atoms with Crippen LogP contribution in [-0.4, -0.2) is 6.04 Å². The van der Waals surface area contributed by atoms with Gasteiger partial charge < -0.3 is 5.73 Å². The molecule has 1 nitrogen and oxygen atoms in total. The van der Waals surface area contributed by atoms with Crippen LogP contribution in [0.4, 0.5) is 0 Å². The summed E-state index contributed by atoms with van der Waals surface area (Å²) in [5.74, 6) is 6.09. The van der Waals surface area contributed by atoms with Gasteiger partial charge in [-0.25, -0.2) is 0 Å². The van der Waals surface area contributed by atoms with Crippen LogP contribution in [0.15, 0.2) is 24.3 Å². The molecule has 0 spiro atoms. The van der Waals surface area contributed by atoms with Crippen molar-refractivity contribution in [1.82, 2.24) is 0 Å². The third-order valence-corrected chi connectivity index (χ3v) is 2.20. The zero-order chi connectivity index (χ0) is 10.4. The Morgan fingerprint density at radius 1 is 1.21 bits per heavy atom. The molecule has 0 saturated carbocycles. The lowest BCUT2D eigenvalue weighted by atomic mass is 10.1. The Kier molecular flexibility index (Phi) is 4.22. The van der Waals surface area contributed by atoms with E-state index in [0.717, 1.165) is 18.4 Å². The number of hydrogen-bond donors (Lipinski definition) is 1. The van der Waals surface area contributed by atoms with Crippen LogP contribution in [-0.2, 0) is 6.42 Å². The van der Waals surface area contributed by atoms with Gasteiger partial charge in [0.25, 0.3) is 0 Å². The molecule has 0 aromatic heterocycles. The molecule has 0 aliphatic carbocycles. The van der Waals surface area contributed by atoms with E-state index in [2.05, 4.69) is 30.9 Å². The topological polar surface area (TPSA) is 26.0 Å². The van der Waals surface area contributed by atoms with Gasteiger partial charge in [-0.15, -0.1) is 0 Å². The summed E-state index contributed by atoms with van der Waals surface area (Å²) in [5.41, 5.74) is 8.09. The summed E-state index contributed by atoms with van der Waals surface area (Å²) in [6.45, 7) is 4.19. The van der Waals surface area contributed by atoms with Crippen LogP contribution in [0.25, 0.3) is 0 Å². The van der Waals surface area contributed by atoms with Crippen LogP contribution in [0.2, 0.25) is 0 Å². The van der Waals surface area contributed by atoms with Crippen LogP contribution < -0.4 is 5.73 Å². The fourth-order valence-corrected chi connectivity index (χ4v) is 1.10. The minimum Gasteiger partial charge on any atom is -0.318 e. The van der Waals surface area contributed by atoms with Crippen molar-refractivity contribution >= 4 is 0 Å². The molecule has 0 amide bonds. The van der Waals surface area contributed by atoms with Gasteiger partial charge in [0.05, 0.1) is 6.04 Å². The van der Waals surface area contributed by atoms with Crippen LogP contribution in [0.3, 0.4) is 0 Å². The highest BCUT2D eigenvalue weighted by atomic mass is 14.6. The van der Waals surface area contributed by atoms with E-state index < -0.39 is 0 Å². The summed E-state index contributed by atoms with van der Waals surface area (Å²) in [6, 6.07) is 8.33. The normalized spacial score (nSPS) is 11.6. The summed E-state index contributed by atoms with van der Waals surface area (Å²) in [5, 5.41) is 0. The molecule has 0 saturated heterocycles. The molecule has 1 unspecified atom stereocenters. The predicted molar refractivity (Wildman–Crippen MR) is 61.0 cm³/mol. The number of aryl methyl sites for hydroxylation is 1. The van der Waals surface area contributed by atoms with Gasteiger partial charge in [-0.2, -0.15) is 0 Å². The van der Waals surface area contributed by atoms with Gasteiger partial charge >= 0.3 is 0 Å². The maximum Gasteiger partial charge on any atom is 0.0665 e. The molecule has 1 heteroatoms. The summed E-state index contributed by atoms with van der Waals surface area (Å²) >= 11 is 0. The van der Waals surface area contributed by atoms with Crippen molar-refractivity contribution in [1.29, 1.82) is 0 Å². The molecular formula is C13H17N. The molecule has 0 aliphatic heterocycles. The maximum atomic E-state index is 5.70. The first-order chi connectivity index (χ1) is 6.76. The average molecular weight is 187 g/mol. The number of nitrogens with two attached hydrogens (primary N) is 1. The van der Waals surface area contributed by atoms with E-state index in [-0.39, 0.29) is 6.04 Å². The summed E-state index contributed by atoms with van der Waals surface area (Å²) in [4.78, 5) is 0. The van der Waals surface area contributed by atoms with E-state index in [4.69, 9.17) is 5.73 Å². The largest absolute Gasteiger partial charge is 0.318 e. The zero-order valence-corrected chi connectivity index (χ0v) is 8.88. The first-order valence-electron chi connectivity index (χ1n) is 5.12. The summed E-state index contributed by atoms with van der Waals surface area (Å²) in [6.07, 6.45) is 1.97. The highest BCUT2D eigenvalue weighted by molar-refractivity contribution is 5.36. The van der Waals surface area contributed by atoms with E-state index in [9.17, 15) is 0 Å². The van der Waals surface area contributed by atoms with Crippen molar-refractivity contribution < 1.29 is 0 Å². The Hall–Kier alpha value is -1.26. The maximum absolute atomic E-state index is 5.70. The van der Waals surface area contributed by atoms with Crippen molar-refractivity contribution in [2.45, 2.75) is 32.7 Å². The zero-order valence-electron chi connectivity index (χ0n) is 8.88. The van der Waals surface area contributed by atoms with Crippen molar-refractivity contribution in [3.8, 4) is 11.8 Å². The van der Waals surface area contributed by atoms with Crippen molar-refractivity contribution in [2.75, 3.05) is 0 Å². The highest BCUT2D eigenvalue weighted by Crippen LogP contribution is 2.03. The summed E-state index contributed by atoms with van der Waals surface area (Å²) in [7, 11) is 0. The Bertz CT molecular complexity index is 326.